The molecule has 7 heteroatoms. The Morgan fingerprint density at radius 1 is 1.07 bits per heavy atom. The van der Waals surface area contributed by atoms with Crippen LogP contribution in [0.5, 0.6) is 11.5 Å². The third-order valence-electron chi connectivity index (χ3n) is 5.37. The van der Waals surface area contributed by atoms with E-state index in [9.17, 15) is 4.79 Å². The second-order valence-corrected chi connectivity index (χ2v) is 7.23. The number of ether oxygens (including phenoxy) is 2. The van der Waals surface area contributed by atoms with Crippen molar-refractivity contribution in [1.29, 1.82) is 0 Å². The Morgan fingerprint density at radius 3 is 2.83 bits per heavy atom. The summed E-state index contributed by atoms with van der Waals surface area (Å²) < 4.78 is 12.8. The topological polar surface area (TPSA) is 59.3 Å². The highest BCUT2D eigenvalue weighted by Gasteiger charge is 2.21. The monoisotopic (exact) mass is 390 g/mol. The number of aromatic nitrogens is 2. The van der Waals surface area contributed by atoms with Crippen molar-refractivity contribution in [2.45, 2.75) is 6.54 Å². The van der Waals surface area contributed by atoms with Gasteiger partial charge in [0.05, 0.1) is 11.9 Å². The third kappa shape index (κ3) is 3.69. The molecule has 0 aliphatic carbocycles. The molecule has 1 saturated heterocycles. The van der Waals surface area contributed by atoms with Crippen LogP contribution in [-0.4, -0.2) is 58.1 Å². The molecule has 4 heterocycles. The molecule has 5 rings (SSSR count). The summed E-state index contributed by atoms with van der Waals surface area (Å²) in [6.45, 7) is 4.29. The number of amides is 1. The largest absolute Gasteiger partial charge is 0.454 e. The number of nitrogens with zero attached hydrogens (tertiary/aromatic N) is 4. The molecule has 0 radical (unpaired) electrons. The van der Waals surface area contributed by atoms with Crippen LogP contribution < -0.4 is 9.47 Å². The first-order valence-corrected chi connectivity index (χ1v) is 9.76. The molecule has 2 aromatic heterocycles. The lowest BCUT2D eigenvalue weighted by atomic mass is 10.1. The van der Waals surface area contributed by atoms with Crippen molar-refractivity contribution in [2.24, 2.45) is 0 Å². The molecule has 1 amide bonds. The van der Waals surface area contributed by atoms with Crippen molar-refractivity contribution in [3.63, 3.8) is 0 Å². The zero-order valence-corrected chi connectivity index (χ0v) is 16.0. The molecular formula is C22H22N4O3. The van der Waals surface area contributed by atoms with Crippen LogP contribution in [0, 0.1) is 0 Å². The molecule has 0 spiro atoms. The smallest absolute Gasteiger partial charge is 0.246 e. The predicted octanol–water partition coefficient (Wildman–Crippen LogP) is 2.42. The van der Waals surface area contributed by atoms with Crippen molar-refractivity contribution < 1.29 is 14.3 Å². The van der Waals surface area contributed by atoms with E-state index >= 15 is 0 Å². The predicted molar refractivity (Wildman–Crippen MR) is 109 cm³/mol. The number of hydrogen-bond acceptors (Lipinski definition) is 5. The van der Waals surface area contributed by atoms with E-state index < -0.39 is 0 Å². The summed E-state index contributed by atoms with van der Waals surface area (Å²) >= 11 is 0. The minimum absolute atomic E-state index is 0.0404. The standard InChI is InChI=1S/C22H22N4O3/c27-22(7-5-18-14-23-21-3-1-2-8-26(18)21)25-11-9-24(10-12-25)15-17-4-6-19-20(13-17)29-16-28-19/h1-8,13-14H,9-12,15-16H2/b7-5+. The molecule has 7 nitrogen and oxygen atoms in total. The van der Waals surface area contributed by atoms with Gasteiger partial charge in [-0.1, -0.05) is 12.1 Å². The summed E-state index contributed by atoms with van der Waals surface area (Å²) in [5, 5.41) is 0. The van der Waals surface area contributed by atoms with E-state index in [0.717, 1.165) is 55.6 Å². The Kier molecular flexibility index (Phi) is 4.65. The minimum atomic E-state index is 0.0404. The molecule has 0 unspecified atom stereocenters. The molecule has 2 aliphatic heterocycles. The van der Waals surface area contributed by atoms with Crippen LogP contribution in [0.2, 0.25) is 0 Å². The van der Waals surface area contributed by atoms with Gasteiger partial charge < -0.3 is 18.8 Å². The summed E-state index contributed by atoms with van der Waals surface area (Å²) in [6, 6.07) is 11.9. The van der Waals surface area contributed by atoms with E-state index in [1.165, 1.54) is 5.56 Å². The first kappa shape index (κ1) is 17.8. The van der Waals surface area contributed by atoms with Crippen LogP contribution in [-0.2, 0) is 11.3 Å². The van der Waals surface area contributed by atoms with Crippen molar-refractivity contribution in [2.75, 3.05) is 33.0 Å². The van der Waals surface area contributed by atoms with E-state index in [2.05, 4.69) is 16.0 Å². The number of imidazole rings is 1. The van der Waals surface area contributed by atoms with E-state index in [-0.39, 0.29) is 5.91 Å². The highest BCUT2D eigenvalue weighted by molar-refractivity contribution is 5.91. The van der Waals surface area contributed by atoms with Gasteiger partial charge in [0.15, 0.2) is 11.5 Å². The molecule has 1 fully saturated rings. The molecule has 0 bridgehead atoms. The van der Waals surface area contributed by atoms with Gasteiger partial charge >= 0.3 is 0 Å². The van der Waals surface area contributed by atoms with Gasteiger partial charge in [-0.3, -0.25) is 9.69 Å². The van der Waals surface area contributed by atoms with Crippen LogP contribution in [0.1, 0.15) is 11.3 Å². The average molecular weight is 390 g/mol. The number of carbonyl (C=O) groups excluding carboxylic acids is 1. The molecule has 29 heavy (non-hydrogen) atoms. The molecular weight excluding hydrogens is 368 g/mol. The van der Waals surface area contributed by atoms with Gasteiger partial charge in [0.1, 0.15) is 5.65 Å². The lowest BCUT2D eigenvalue weighted by Gasteiger charge is -2.34. The summed E-state index contributed by atoms with van der Waals surface area (Å²) in [7, 11) is 0. The molecule has 1 aromatic carbocycles. The van der Waals surface area contributed by atoms with E-state index in [4.69, 9.17) is 9.47 Å². The fraction of sp³-hybridized carbons (Fsp3) is 0.273. The average Bonchev–Trinajstić information content (AvgIpc) is 3.39. The number of piperazine rings is 1. The van der Waals surface area contributed by atoms with Crippen LogP contribution >= 0.6 is 0 Å². The van der Waals surface area contributed by atoms with Gasteiger partial charge in [-0.25, -0.2) is 4.98 Å². The van der Waals surface area contributed by atoms with Crippen LogP contribution in [0.3, 0.4) is 0 Å². The number of benzene rings is 1. The van der Waals surface area contributed by atoms with Crippen molar-refractivity contribution in [1.82, 2.24) is 19.2 Å². The zero-order valence-electron chi connectivity index (χ0n) is 16.0. The SMILES string of the molecule is O=C(/C=C/c1cnc2ccccn12)N1CCN(Cc2ccc3c(c2)OCO3)CC1. The van der Waals surface area contributed by atoms with Gasteiger partial charge in [-0.2, -0.15) is 0 Å². The molecule has 3 aromatic rings. The summed E-state index contributed by atoms with van der Waals surface area (Å²) in [5.41, 5.74) is 2.97. The Labute approximate surface area is 168 Å². The lowest BCUT2D eigenvalue weighted by Crippen LogP contribution is -2.47. The number of pyridine rings is 1. The Balaban J connectivity index is 1.16. The van der Waals surface area contributed by atoms with Crippen LogP contribution in [0.4, 0.5) is 0 Å². The molecule has 0 saturated carbocycles. The van der Waals surface area contributed by atoms with Crippen molar-refractivity contribution >= 4 is 17.6 Å². The van der Waals surface area contributed by atoms with Crippen LogP contribution in [0.25, 0.3) is 11.7 Å². The summed E-state index contributed by atoms with van der Waals surface area (Å²) in [4.78, 5) is 21.2. The fourth-order valence-corrected chi connectivity index (χ4v) is 3.76. The number of carbonyl (C=O) groups is 1. The Bertz CT molecular complexity index is 1070. The maximum Gasteiger partial charge on any atom is 0.246 e. The molecule has 0 atom stereocenters. The van der Waals surface area contributed by atoms with Gasteiger partial charge in [-0.15, -0.1) is 0 Å². The normalized spacial score (nSPS) is 16.8. The number of hydrogen-bond donors (Lipinski definition) is 0. The van der Waals surface area contributed by atoms with E-state index in [1.54, 1.807) is 12.3 Å². The van der Waals surface area contributed by atoms with E-state index in [1.807, 2.05) is 51.9 Å². The maximum absolute atomic E-state index is 12.6. The third-order valence-corrected chi connectivity index (χ3v) is 5.37. The fourth-order valence-electron chi connectivity index (χ4n) is 3.76. The molecule has 2 aliphatic rings. The van der Waals surface area contributed by atoms with Gasteiger partial charge in [0, 0.05) is 45.0 Å². The molecule has 0 N–H and O–H groups in total. The van der Waals surface area contributed by atoms with Gasteiger partial charge in [0.25, 0.3) is 0 Å². The van der Waals surface area contributed by atoms with Crippen molar-refractivity contribution in [3.8, 4) is 11.5 Å². The Morgan fingerprint density at radius 2 is 1.93 bits per heavy atom. The van der Waals surface area contributed by atoms with Gasteiger partial charge in [-0.05, 0) is 35.9 Å². The number of fused-ring (bicyclic) bond motifs is 2. The van der Waals surface area contributed by atoms with Crippen molar-refractivity contribution in [3.05, 3.63) is 66.1 Å². The summed E-state index contributed by atoms with van der Waals surface area (Å²) in [5.74, 6) is 1.66. The lowest BCUT2D eigenvalue weighted by molar-refractivity contribution is -0.127. The maximum atomic E-state index is 12.6. The first-order chi connectivity index (χ1) is 14.3. The minimum Gasteiger partial charge on any atom is -0.454 e. The summed E-state index contributed by atoms with van der Waals surface area (Å²) in [6.07, 6.45) is 7.20. The second-order valence-electron chi connectivity index (χ2n) is 7.23. The quantitative estimate of drug-likeness (QED) is 0.641. The number of rotatable bonds is 4. The second kappa shape index (κ2) is 7.60. The van der Waals surface area contributed by atoms with Gasteiger partial charge in [0.2, 0.25) is 12.7 Å². The molecule has 148 valence electrons. The first-order valence-electron chi connectivity index (χ1n) is 9.76. The highest BCUT2D eigenvalue weighted by Crippen LogP contribution is 2.32. The van der Waals surface area contributed by atoms with E-state index in [0.29, 0.717) is 6.79 Å². The highest BCUT2D eigenvalue weighted by atomic mass is 16.7. The van der Waals surface area contributed by atoms with Crippen LogP contribution in [0.15, 0.2) is 54.9 Å². The zero-order chi connectivity index (χ0) is 19.6. The Hall–Kier alpha value is -3.32.